The largest absolute Gasteiger partial charge is 0.489 e. The van der Waals surface area contributed by atoms with Crippen LogP contribution in [0.3, 0.4) is 0 Å². The van der Waals surface area contributed by atoms with Crippen LogP contribution in [0.2, 0.25) is 0 Å². The van der Waals surface area contributed by atoms with Gasteiger partial charge in [-0.05, 0) is 52.7 Å². The standard InChI is InChI=1S/C15H16BrNO2/c1-11-6-7-14(12(16)10-11)18-8-9-19-15-5-3-2-4-13(15)17/h2-7,10H,8-9,17H2,1H3. The third kappa shape index (κ3) is 3.89. The van der Waals surface area contributed by atoms with E-state index in [0.29, 0.717) is 24.7 Å². The number of hydrogen-bond acceptors (Lipinski definition) is 3. The summed E-state index contributed by atoms with van der Waals surface area (Å²) in [6, 6.07) is 13.4. The van der Waals surface area contributed by atoms with Crippen LogP contribution in [0.15, 0.2) is 46.9 Å². The van der Waals surface area contributed by atoms with E-state index in [1.165, 1.54) is 5.56 Å². The quantitative estimate of drug-likeness (QED) is 0.673. The molecule has 0 unspecified atom stereocenters. The third-order valence-electron chi connectivity index (χ3n) is 2.60. The van der Waals surface area contributed by atoms with Crippen molar-refractivity contribution in [3.8, 4) is 11.5 Å². The SMILES string of the molecule is Cc1ccc(OCCOc2ccccc2N)c(Br)c1. The van der Waals surface area contributed by atoms with Crippen LogP contribution in [0.5, 0.6) is 11.5 Å². The lowest BCUT2D eigenvalue weighted by atomic mass is 10.2. The Morgan fingerprint density at radius 3 is 2.37 bits per heavy atom. The predicted octanol–water partition coefficient (Wildman–Crippen LogP) is 3.80. The molecule has 0 aliphatic rings. The lowest BCUT2D eigenvalue weighted by Crippen LogP contribution is -2.10. The second-order valence-electron chi connectivity index (χ2n) is 4.17. The van der Waals surface area contributed by atoms with Crippen molar-refractivity contribution < 1.29 is 9.47 Å². The van der Waals surface area contributed by atoms with Crippen LogP contribution >= 0.6 is 15.9 Å². The summed E-state index contributed by atoms with van der Waals surface area (Å²) in [6.45, 7) is 2.96. The molecule has 0 atom stereocenters. The van der Waals surface area contributed by atoms with Gasteiger partial charge >= 0.3 is 0 Å². The minimum absolute atomic E-state index is 0.453. The molecule has 0 amide bonds. The Kier molecular flexibility index (Phi) is 4.68. The second kappa shape index (κ2) is 6.48. The summed E-state index contributed by atoms with van der Waals surface area (Å²) in [5.41, 5.74) is 7.61. The van der Waals surface area contributed by atoms with Gasteiger partial charge in [0, 0.05) is 0 Å². The van der Waals surface area contributed by atoms with Crippen molar-refractivity contribution in [2.45, 2.75) is 6.92 Å². The molecule has 2 N–H and O–H groups in total. The Labute approximate surface area is 121 Å². The Hall–Kier alpha value is -1.68. The van der Waals surface area contributed by atoms with Crippen LogP contribution in [-0.4, -0.2) is 13.2 Å². The van der Waals surface area contributed by atoms with E-state index in [0.717, 1.165) is 10.2 Å². The number of benzene rings is 2. The average molecular weight is 322 g/mol. The highest BCUT2D eigenvalue weighted by Crippen LogP contribution is 2.25. The van der Waals surface area contributed by atoms with Gasteiger partial charge in [0.2, 0.25) is 0 Å². The Morgan fingerprint density at radius 1 is 1.00 bits per heavy atom. The molecule has 0 aliphatic carbocycles. The molecule has 2 aromatic carbocycles. The molecule has 0 radical (unpaired) electrons. The minimum atomic E-state index is 0.453. The van der Waals surface area contributed by atoms with Crippen molar-refractivity contribution in [3.05, 3.63) is 52.5 Å². The number of halogens is 1. The Bertz CT molecular complexity index is 558. The molecule has 3 nitrogen and oxygen atoms in total. The Morgan fingerprint density at radius 2 is 1.68 bits per heavy atom. The molecule has 2 rings (SSSR count). The summed E-state index contributed by atoms with van der Waals surface area (Å²) < 4.78 is 12.1. The van der Waals surface area contributed by atoms with Gasteiger partial charge in [-0.15, -0.1) is 0 Å². The zero-order valence-corrected chi connectivity index (χ0v) is 12.3. The molecule has 2 aromatic rings. The molecule has 0 heterocycles. The highest BCUT2D eigenvalue weighted by Gasteiger charge is 2.02. The molecule has 0 spiro atoms. The summed E-state index contributed by atoms with van der Waals surface area (Å²) in [5.74, 6) is 1.50. The first-order valence-corrected chi connectivity index (χ1v) is 6.82. The van der Waals surface area contributed by atoms with Gasteiger partial charge < -0.3 is 15.2 Å². The molecule has 0 saturated heterocycles. The number of anilines is 1. The maximum absolute atomic E-state index is 5.78. The molecule has 0 saturated carbocycles. The van der Waals surface area contributed by atoms with Crippen molar-refractivity contribution in [1.82, 2.24) is 0 Å². The number of nitrogens with two attached hydrogens (primary N) is 1. The van der Waals surface area contributed by atoms with Gasteiger partial charge in [0.05, 0.1) is 10.2 Å². The molecule has 0 bridgehead atoms. The van der Waals surface area contributed by atoms with Crippen LogP contribution in [0.25, 0.3) is 0 Å². The summed E-state index contributed by atoms with van der Waals surface area (Å²) in [4.78, 5) is 0. The summed E-state index contributed by atoms with van der Waals surface area (Å²) in [6.07, 6.45) is 0. The first-order chi connectivity index (χ1) is 9.16. The number of aryl methyl sites for hydroxylation is 1. The predicted molar refractivity (Wildman–Crippen MR) is 80.7 cm³/mol. The van der Waals surface area contributed by atoms with Gasteiger partial charge in [-0.3, -0.25) is 0 Å². The van der Waals surface area contributed by atoms with E-state index in [1.54, 1.807) is 0 Å². The Balaban J connectivity index is 1.83. The van der Waals surface area contributed by atoms with Gasteiger partial charge in [-0.25, -0.2) is 0 Å². The number of rotatable bonds is 5. The van der Waals surface area contributed by atoms with E-state index in [9.17, 15) is 0 Å². The van der Waals surface area contributed by atoms with Crippen LogP contribution in [0.1, 0.15) is 5.56 Å². The van der Waals surface area contributed by atoms with Crippen LogP contribution in [0, 0.1) is 6.92 Å². The van der Waals surface area contributed by atoms with E-state index < -0.39 is 0 Å². The first-order valence-electron chi connectivity index (χ1n) is 6.03. The normalized spacial score (nSPS) is 10.2. The summed E-state index contributed by atoms with van der Waals surface area (Å²) in [5, 5.41) is 0. The van der Waals surface area contributed by atoms with Gasteiger partial charge in [-0.2, -0.15) is 0 Å². The number of para-hydroxylation sites is 2. The minimum Gasteiger partial charge on any atom is -0.489 e. The van der Waals surface area contributed by atoms with E-state index in [-0.39, 0.29) is 0 Å². The fourth-order valence-electron chi connectivity index (χ4n) is 1.64. The maximum atomic E-state index is 5.78. The van der Waals surface area contributed by atoms with Gasteiger partial charge in [0.1, 0.15) is 24.7 Å². The van der Waals surface area contributed by atoms with E-state index >= 15 is 0 Å². The average Bonchev–Trinajstić information content (AvgIpc) is 2.38. The van der Waals surface area contributed by atoms with E-state index in [4.69, 9.17) is 15.2 Å². The van der Waals surface area contributed by atoms with E-state index in [2.05, 4.69) is 15.9 Å². The van der Waals surface area contributed by atoms with Crippen LogP contribution < -0.4 is 15.2 Å². The fraction of sp³-hybridized carbons (Fsp3) is 0.200. The zero-order valence-electron chi connectivity index (χ0n) is 10.7. The monoisotopic (exact) mass is 321 g/mol. The van der Waals surface area contributed by atoms with Crippen molar-refractivity contribution in [2.24, 2.45) is 0 Å². The molecule has 100 valence electrons. The topological polar surface area (TPSA) is 44.5 Å². The van der Waals surface area contributed by atoms with Crippen molar-refractivity contribution >= 4 is 21.6 Å². The lowest BCUT2D eigenvalue weighted by Gasteiger charge is -2.11. The summed E-state index contributed by atoms with van der Waals surface area (Å²) in [7, 11) is 0. The van der Waals surface area contributed by atoms with Gasteiger partial charge in [0.15, 0.2) is 0 Å². The van der Waals surface area contributed by atoms with Gasteiger partial charge in [0.25, 0.3) is 0 Å². The van der Waals surface area contributed by atoms with Crippen LogP contribution in [-0.2, 0) is 0 Å². The zero-order chi connectivity index (χ0) is 13.7. The maximum Gasteiger partial charge on any atom is 0.142 e. The molecular weight excluding hydrogens is 306 g/mol. The molecule has 0 fully saturated rings. The number of ether oxygens (including phenoxy) is 2. The smallest absolute Gasteiger partial charge is 0.142 e. The van der Waals surface area contributed by atoms with Gasteiger partial charge in [-0.1, -0.05) is 18.2 Å². The molecule has 0 aliphatic heterocycles. The first kappa shape index (κ1) is 13.7. The molecular formula is C15H16BrNO2. The van der Waals surface area contributed by atoms with Crippen molar-refractivity contribution in [2.75, 3.05) is 18.9 Å². The molecule has 4 heteroatoms. The fourth-order valence-corrected chi connectivity index (χ4v) is 2.25. The van der Waals surface area contributed by atoms with Crippen molar-refractivity contribution in [1.29, 1.82) is 0 Å². The summed E-state index contributed by atoms with van der Waals surface area (Å²) >= 11 is 3.47. The molecule has 0 aromatic heterocycles. The van der Waals surface area contributed by atoms with Crippen molar-refractivity contribution in [3.63, 3.8) is 0 Å². The second-order valence-corrected chi connectivity index (χ2v) is 5.02. The highest BCUT2D eigenvalue weighted by atomic mass is 79.9. The third-order valence-corrected chi connectivity index (χ3v) is 3.22. The van der Waals surface area contributed by atoms with Crippen LogP contribution in [0.4, 0.5) is 5.69 Å². The highest BCUT2D eigenvalue weighted by molar-refractivity contribution is 9.10. The number of hydrogen-bond donors (Lipinski definition) is 1. The van der Waals surface area contributed by atoms with E-state index in [1.807, 2.05) is 49.4 Å². The molecule has 19 heavy (non-hydrogen) atoms. The number of nitrogen functional groups attached to an aromatic ring is 1. The lowest BCUT2D eigenvalue weighted by molar-refractivity contribution is 0.217.